The maximum Gasteiger partial charge on any atom is 0.261 e. The number of methoxy groups -OCH3 is 1. The van der Waals surface area contributed by atoms with Crippen molar-refractivity contribution in [3.63, 3.8) is 0 Å². The summed E-state index contributed by atoms with van der Waals surface area (Å²) in [6, 6.07) is 12.9. The van der Waals surface area contributed by atoms with Crippen molar-refractivity contribution < 1.29 is 14.3 Å². The zero-order chi connectivity index (χ0) is 19.6. The van der Waals surface area contributed by atoms with Crippen LogP contribution in [0.15, 0.2) is 42.5 Å². The summed E-state index contributed by atoms with van der Waals surface area (Å²) < 4.78 is 11.1. The number of hydrogen-bond donors (Lipinski definition) is 1. The van der Waals surface area contributed by atoms with Gasteiger partial charge >= 0.3 is 0 Å². The highest BCUT2D eigenvalue weighted by molar-refractivity contribution is 7.98. The average molecular weight is 428 g/mol. The third-order valence-corrected chi connectivity index (χ3v) is 5.57. The van der Waals surface area contributed by atoms with Crippen LogP contribution in [-0.2, 0) is 10.5 Å². The van der Waals surface area contributed by atoms with Gasteiger partial charge in [-0.1, -0.05) is 48.3 Å². The molecular formula is C20H23Cl2NO3S. The Morgan fingerprint density at radius 1 is 1.15 bits per heavy atom. The molecule has 0 radical (unpaired) electrons. The Labute approximate surface area is 174 Å². The Morgan fingerprint density at radius 2 is 1.89 bits per heavy atom. The van der Waals surface area contributed by atoms with Crippen LogP contribution in [0.5, 0.6) is 11.5 Å². The number of hydrogen-bond acceptors (Lipinski definition) is 4. The van der Waals surface area contributed by atoms with E-state index in [9.17, 15) is 4.79 Å². The number of rotatable bonds is 10. The number of para-hydroxylation sites is 2. The van der Waals surface area contributed by atoms with E-state index in [2.05, 4.69) is 5.32 Å². The number of thioether (sulfide) groups is 1. The molecule has 27 heavy (non-hydrogen) atoms. The second-order valence-corrected chi connectivity index (χ2v) is 7.68. The van der Waals surface area contributed by atoms with E-state index in [4.69, 9.17) is 32.7 Å². The first-order valence-corrected chi connectivity index (χ1v) is 10.5. The molecule has 0 bridgehead atoms. The van der Waals surface area contributed by atoms with E-state index in [1.54, 1.807) is 37.1 Å². The monoisotopic (exact) mass is 427 g/mol. The molecule has 0 saturated heterocycles. The summed E-state index contributed by atoms with van der Waals surface area (Å²) in [7, 11) is 1.58. The van der Waals surface area contributed by atoms with Gasteiger partial charge in [0.1, 0.15) is 0 Å². The summed E-state index contributed by atoms with van der Waals surface area (Å²) in [5.41, 5.74) is 1.10. The van der Waals surface area contributed by atoms with E-state index in [0.29, 0.717) is 34.5 Å². The lowest BCUT2D eigenvalue weighted by Crippen LogP contribution is -2.39. The zero-order valence-corrected chi connectivity index (χ0v) is 17.7. The predicted molar refractivity (Wildman–Crippen MR) is 113 cm³/mol. The van der Waals surface area contributed by atoms with Crippen LogP contribution in [0.1, 0.15) is 18.9 Å². The van der Waals surface area contributed by atoms with Crippen LogP contribution in [-0.4, -0.2) is 31.4 Å². The maximum atomic E-state index is 12.4. The summed E-state index contributed by atoms with van der Waals surface area (Å²) in [5, 5.41) is 4.04. The van der Waals surface area contributed by atoms with Crippen LogP contribution in [0.3, 0.4) is 0 Å². The number of carbonyl (C=O) groups is 1. The minimum absolute atomic E-state index is 0.126. The Hall–Kier alpha value is -1.56. The molecule has 1 N–H and O–H groups in total. The molecule has 0 saturated carbocycles. The zero-order valence-electron chi connectivity index (χ0n) is 15.3. The van der Waals surface area contributed by atoms with E-state index in [-0.39, 0.29) is 5.91 Å². The van der Waals surface area contributed by atoms with Gasteiger partial charge in [0.25, 0.3) is 5.91 Å². The fourth-order valence-electron chi connectivity index (χ4n) is 2.37. The van der Waals surface area contributed by atoms with Crippen molar-refractivity contribution in [2.24, 2.45) is 0 Å². The average Bonchev–Trinajstić information content (AvgIpc) is 2.68. The molecular weight excluding hydrogens is 405 g/mol. The first-order chi connectivity index (χ1) is 13.0. The van der Waals surface area contributed by atoms with Crippen molar-refractivity contribution in [2.75, 3.05) is 19.4 Å². The number of nitrogens with one attached hydrogen (secondary N) is 1. The number of carbonyl (C=O) groups excluding carboxylic acids is 1. The molecule has 0 unspecified atom stereocenters. The first kappa shape index (κ1) is 21.7. The molecule has 1 atom stereocenters. The number of halogens is 2. The lowest BCUT2D eigenvalue weighted by molar-refractivity contribution is -0.128. The molecule has 2 aromatic rings. The Kier molecular flexibility index (Phi) is 9.11. The molecule has 0 aliphatic heterocycles. The largest absolute Gasteiger partial charge is 0.493 e. The SMILES string of the molecule is CC[C@H](Oc1ccccc1OC)C(=O)NCCSCc1ccc(Cl)c(Cl)c1. The highest BCUT2D eigenvalue weighted by atomic mass is 35.5. The van der Waals surface area contributed by atoms with E-state index >= 15 is 0 Å². The van der Waals surface area contributed by atoms with E-state index in [1.165, 1.54) is 0 Å². The highest BCUT2D eigenvalue weighted by Crippen LogP contribution is 2.27. The van der Waals surface area contributed by atoms with Gasteiger partial charge in [-0.2, -0.15) is 11.8 Å². The number of benzene rings is 2. The maximum absolute atomic E-state index is 12.4. The van der Waals surface area contributed by atoms with Crippen LogP contribution < -0.4 is 14.8 Å². The molecule has 0 heterocycles. The van der Waals surface area contributed by atoms with Crippen LogP contribution in [0.4, 0.5) is 0 Å². The molecule has 1 amide bonds. The quantitative estimate of drug-likeness (QED) is 0.528. The van der Waals surface area contributed by atoms with Gasteiger partial charge in [0, 0.05) is 18.1 Å². The van der Waals surface area contributed by atoms with Crippen molar-refractivity contribution in [1.82, 2.24) is 5.32 Å². The Bertz CT molecular complexity index is 758. The van der Waals surface area contributed by atoms with Gasteiger partial charge in [-0.15, -0.1) is 0 Å². The van der Waals surface area contributed by atoms with Gasteiger partial charge in [0.05, 0.1) is 17.2 Å². The van der Waals surface area contributed by atoms with Gasteiger partial charge in [0.2, 0.25) is 0 Å². The topological polar surface area (TPSA) is 47.6 Å². The smallest absolute Gasteiger partial charge is 0.261 e. The van der Waals surface area contributed by atoms with Crippen LogP contribution >= 0.6 is 35.0 Å². The molecule has 4 nitrogen and oxygen atoms in total. The molecule has 0 aliphatic rings. The van der Waals surface area contributed by atoms with Crippen LogP contribution in [0, 0.1) is 0 Å². The van der Waals surface area contributed by atoms with Crippen molar-refractivity contribution in [3.8, 4) is 11.5 Å². The minimum Gasteiger partial charge on any atom is -0.493 e. The molecule has 146 valence electrons. The van der Waals surface area contributed by atoms with E-state index in [1.807, 2.05) is 31.2 Å². The van der Waals surface area contributed by atoms with Crippen molar-refractivity contribution in [1.29, 1.82) is 0 Å². The molecule has 0 fully saturated rings. The molecule has 0 aromatic heterocycles. The first-order valence-electron chi connectivity index (χ1n) is 8.64. The lowest BCUT2D eigenvalue weighted by atomic mass is 10.2. The standard InChI is InChI=1S/C20H23Cl2NO3S/c1-3-17(26-19-7-5-4-6-18(19)25-2)20(24)23-10-11-27-13-14-8-9-15(21)16(22)12-14/h4-9,12,17H,3,10-11,13H2,1-2H3,(H,23,24)/t17-/m0/s1. The van der Waals surface area contributed by atoms with Crippen molar-refractivity contribution in [2.45, 2.75) is 25.2 Å². The second-order valence-electron chi connectivity index (χ2n) is 5.76. The van der Waals surface area contributed by atoms with Gasteiger partial charge in [-0.3, -0.25) is 4.79 Å². The Balaban J connectivity index is 1.75. The predicted octanol–water partition coefficient (Wildman–Crippen LogP) is 5.21. The third-order valence-electron chi connectivity index (χ3n) is 3.80. The van der Waals surface area contributed by atoms with Gasteiger partial charge < -0.3 is 14.8 Å². The van der Waals surface area contributed by atoms with Crippen LogP contribution in [0.25, 0.3) is 0 Å². The third kappa shape index (κ3) is 6.83. The van der Waals surface area contributed by atoms with Crippen molar-refractivity contribution >= 4 is 40.9 Å². The van der Waals surface area contributed by atoms with E-state index < -0.39 is 6.10 Å². The number of ether oxygens (including phenoxy) is 2. The lowest BCUT2D eigenvalue weighted by Gasteiger charge is -2.18. The fourth-order valence-corrected chi connectivity index (χ4v) is 3.50. The Morgan fingerprint density at radius 3 is 2.56 bits per heavy atom. The van der Waals surface area contributed by atoms with Gasteiger partial charge in [0.15, 0.2) is 17.6 Å². The summed E-state index contributed by atoms with van der Waals surface area (Å²) in [5.74, 6) is 2.65. The number of amides is 1. The fraction of sp³-hybridized carbons (Fsp3) is 0.350. The molecule has 2 aromatic carbocycles. The summed E-state index contributed by atoms with van der Waals surface area (Å²) in [6.45, 7) is 2.48. The van der Waals surface area contributed by atoms with Gasteiger partial charge in [-0.25, -0.2) is 0 Å². The summed E-state index contributed by atoms with van der Waals surface area (Å²) in [6.07, 6.45) is 0.0155. The minimum atomic E-state index is -0.554. The highest BCUT2D eigenvalue weighted by Gasteiger charge is 2.19. The van der Waals surface area contributed by atoms with Crippen LogP contribution in [0.2, 0.25) is 10.0 Å². The van der Waals surface area contributed by atoms with Gasteiger partial charge in [-0.05, 0) is 36.2 Å². The molecule has 2 rings (SSSR count). The molecule has 0 aliphatic carbocycles. The molecule has 0 spiro atoms. The second kappa shape index (κ2) is 11.3. The molecule has 7 heteroatoms. The van der Waals surface area contributed by atoms with E-state index in [0.717, 1.165) is 17.1 Å². The summed E-state index contributed by atoms with van der Waals surface area (Å²) in [4.78, 5) is 12.4. The van der Waals surface area contributed by atoms with Crippen molar-refractivity contribution in [3.05, 3.63) is 58.1 Å². The summed E-state index contributed by atoms with van der Waals surface area (Å²) >= 11 is 13.6. The normalized spacial score (nSPS) is 11.7.